The molecule has 1 fully saturated rings. The molecule has 1 aromatic heterocycles. The van der Waals surface area contributed by atoms with Crippen LogP contribution in [0.1, 0.15) is 19.1 Å². The Kier molecular flexibility index (Phi) is 3.62. The van der Waals surface area contributed by atoms with Gasteiger partial charge in [0, 0.05) is 25.6 Å². The second-order valence-corrected chi connectivity index (χ2v) is 4.38. The number of carbonyl (C=O) groups excluding carboxylic acids is 1. The third kappa shape index (κ3) is 2.85. The Morgan fingerprint density at radius 3 is 3.06 bits per heavy atom. The molecule has 1 aliphatic heterocycles. The lowest BCUT2D eigenvalue weighted by molar-refractivity contribution is -0.127. The highest BCUT2D eigenvalue weighted by Gasteiger charge is 2.25. The summed E-state index contributed by atoms with van der Waals surface area (Å²) in [6.45, 7) is 3.67. The van der Waals surface area contributed by atoms with E-state index in [1.165, 1.54) is 0 Å². The number of amides is 1. The van der Waals surface area contributed by atoms with Crippen LogP contribution in [-0.2, 0) is 11.2 Å². The fourth-order valence-electron chi connectivity index (χ4n) is 1.72. The van der Waals surface area contributed by atoms with Gasteiger partial charge in [0.15, 0.2) is 0 Å². The van der Waals surface area contributed by atoms with Crippen LogP contribution in [0, 0.1) is 5.92 Å². The van der Waals surface area contributed by atoms with Crippen LogP contribution in [-0.4, -0.2) is 25.0 Å². The van der Waals surface area contributed by atoms with Crippen molar-refractivity contribution in [2.24, 2.45) is 5.92 Å². The van der Waals surface area contributed by atoms with Crippen molar-refractivity contribution in [1.82, 2.24) is 10.6 Å². The molecular weight excluding hydrogens is 204 g/mol. The number of rotatable bonds is 5. The number of hydrogen-bond donors (Lipinski definition) is 2. The summed E-state index contributed by atoms with van der Waals surface area (Å²) in [6, 6.07) is 4.06. The lowest BCUT2D eigenvalue weighted by atomic mass is 10.0. The third-order valence-corrected chi connectivity index (χ3v) is 2.94. The molecule has 1 saturated heterocycles. The lowest BCUT2D eigenvalue weighted by Crippen LogP contribution is -2.52. The predicted octanol–water partition coefficient (Wildman–Crippen LogP) is 0.936. The Morgan fingerprint density at radius 2 is 2.50 bits per heavy atom. The highest BCUT2D eigenvalue weighted by molar-refractivity contribution is 5.80. The van der Waals surface area contributed by atoms with E-state index < -0.39 is 0 Å². The second kappa shape index (κ2) is 5.16. The summed E-state index contributed by atoms with van der Waals surface area (Å²) in [6.07, 6.45) is 3.47. The van der Waals surface area contributed by atoms with Gasteiger partial charge in [0.1, 0.15) is 5.76 Å². The van der Waals surface area contributed by atoms with Crippen molar-refractivity contribution < 1.29 is 9.21 Å². The van der Waals surface area contributed by atoms with E-state index in [0.29, 0.717) is 0 Å². The zero-order valence-electron chi connectivity index (χ0n) is 9.53. The molecule has 0 aliphatic carbocycles. The summed E-state index contributed by atoms with van der Waals surface area (Å²) < 4.78 is 5.25. The van der Waals surface area contributed by atoms with Gasteiger partial charge in [-0.25, -0.2) is 0 Å². The normalized spacial score (nSPS) is 17.8. The molecule has 0 radical (unpaired) electrons. The first-order chi connectivity index (χ1) is 7.75. The maximum Gasteiger partial charge on any atom is 0.225 e. The monoisotopic (exact) mass is 222 g/mol. The molecule has 4 heteroatoms. The lowest BCUT2D eigenvalue weighted by Gasteiger charge is -2.27. The fourth-order valence-corrected chi connectivity index (χ4v) is 1.72. The highest BCUT2D eigenvalue weighted by atomic mass is 16.3. The minimum atomic E-state index is 0.172. The number of furan rings is 1. The van der Waals surface area contributed by atoms with Crippen LogP contribution in [0.2, 0.25) is 0 Å². The summed E-state index contributed by atoms with van der Waals surface area (Å²) >= 11 is 0. The molecule has 1 aliphatic rings. The maximum atomic E-state index is 11.6. The summed E-state index contributed by atoms with van der Waals surface area (Å²) in [7, 11) is 0. The smallest absolute Gasteiger partial charge is 0.225 e. The third-order valence-electron chi connectivity index (χ3n) is 2.94. The number of carbonyl (C=O) groups is 1. The van der Waals surface area contributed by atoms with Gasteiger partial charge in [0.2, 0.25) is 5.91 Å². The van der Waals surface area contributed by atoms with E-state index in [9.17, 15) is 4.79 Å². The average Bonchev–Trinajstić information content (AvgIpc) is 2.63. The number of aryl methyl sites for hydroxylation is 1. The van der Waals surface area contributed by atoms with Gasteiger partial charge >= 0.3 is 0 Å². The van der Waals surface area contributed by atoms with E-state index in [1.54, 1.807) is 6.26 Å². The van der Waals surface area contributed by atoms with Crippen LogP contribution < -0.4 is 10.6 Å². The van der Waals surface area contributed by atoms with Crippen molar-refractivity contribution in [2.45, 2.75) is 25.8 Å². The largest absolute Gasteiger partial charge is 0.469 e. The quantitative estimate of drug-likeness (QED) is 0.779. The van der Waals surface area contributed by atoms with Gasteiger partial charge in [-0.1, -0.05) is 0 Å². The fraction of sp³-hybridized carbons (Fsp3) is 0.583. The molecule has 0 saturated carbocycles. The van der Waals surface area contributed by atoms with Crippen molar-refractivity contribution in [3.05, 3.63) is 24.2 Å². The molecule has 88 valence electrons. The number of nitrogens with one attached hydrogen (secondary N) is 2. The molecule has 16 heavy (non-hydrogen) atoms. The molecule has 0 spiro atoms. The van der Waals surface area contributed by atoms with Crippen LogP contribution in [0.15, 0.2) is 22.8 Å². The Bertz CT molecular complexity index is 331. The zero-order chi connectivity index (χ0) is 11.4. The van der Waals surface area contributed by atoms with Gasteiger partial charge in [-0.05, 0) is 25.5 Å². The Morgan fingerprint density at radius 1 is 1.69 bits per heavy atom. The van der Waals surface area contributed by atoms with Crippen molar-refractivity contribution in [3.8, 4) is 0 Å². The Labute approximate surface area is 95.4 Å². The van der Waals surface area contributed by atoms with E-state index in [2.05, 4.69) is 10.6 Å². The van der Waals surface area contributed by atoms with Gasteiger partial charge in [-0.2, -0.15) is 0 Å². The first kappa shape index (κ1) is 11.2. The molecule has 1 amide bonds. The van der Waals surface area contributed by atoms with Crippen molar-refractivity contribution in [1.29, 1.82) is 0 Å². The molecule has 1 atom stereocenters. The van der Waals surface area contributed by atoms with E-state index >= 15 is 0 Å². The van der Waals surface area contributed by atoms with E-state index in [4.69, 9.17) is 4.42 Å². The van der Waals surface area contributed by atoms with Gasteiger partial charge in [0.25, 0.3) is 0 Å². The minimum Gasteiger partial charge on any atom is -0.469 e. The molecule has 1 aromatic rings. The molecule has 0 bridgehead atoms. The average molecular weight is 222 g/mol. The van der Waals surface area contributed by atoms with Crippen LogP contribution in [0.4, 0.5) is 0 Å². The Balaban J connectivity index is 1.67. The van der Waals surface area contributed by atoms with Crippen molar-refractivity contribution in [3.63, 3.8) is 0 Å². The Hall–Kier alpha value is -1.29. The van der Waals surface area contributed by atoms with E-state index in [0.717, 1.165) is 31.7 Å². The summed E-state index contributed by atoms with van der Waals surface area (Å²) in [5, 5.41) is 6.12. The molecule has 1 unspecified atom stereocenters. The standard InChI is InChI=1S/C12H18N2O2/c1-9(4-5-11-3-2-6-16-11)14-12(15)10-7-13-8-10/h2-3,6,9-10,13H,4-5,7-8H2,1H3,(H,14,15). The summed E-state index contributed by atoms with van der Waals surface area (Å²) in [5.74, 6) is 1.32. The van der Waals surface area contributed by atoms with Gasteiger partial charge in [-0.3, -0.25) is 4.79 Å². The van der Waals surface area contributed by atoms with E-state index in [1.807, 2.05) is 19.1 Å². The van der Waals surface area contributed by atoms with Crippen LogP contribution in [0.3, 0.4) is 0 Å². The van der Waals surface area contributed by atoms with Crippen molar-refractivity contribution in [2.75, 3.05) is 13.1 Å². The maximum absolute atomic E-state index is 11.6. The van der Waals surface area contributed by atoms with Gasteiger partial charge < -0.3 is 15.1 Å². The number of hydrogen-bond acceptors (Lipinski definition) is 3. The molecule has 2 heterocycles. The van der Waals surface area contributed by atoms with E-state index in [-0.39, 0.29) is 17.9 Å². The molecular formula is C12H18N2O2. The first-order valence-corrected chi connectivity index (χ1v) is 5.79. The highest BCUT2D eigenvalue weighted by Crippen LogP contribution is 2.07. The van der Waals surface area contributed by atoms with Crippen molar-refractivity contribution >= 4 is 5.91 Å². The SMILES string of the molecule is CC(CCc1ccco1)NC(=O)C1CNC1. The van der Waals surface area contributed by atoms with Crippen LogP contribution in [0.5, 0.6) is 0 Å². The van der Waals surface area contributed by atoms with Gasteiger partial charge in [-0.15, -0.1) is 0 Å². The minimum absolute atomic E-state index is 0.172. The summed E-state index contributed by atoms with van der Waals surface area (Å²) in [4.78, 5) is 11.6. The molecule has 0 aromatic carbocycles. The zero-order valence-corrected chi connectivity index (χ0v) is 9.53. The first-order valence-electron chi connectivity index (χ1n) is 5.79. The molecule has 2 N–H and O–H groups in total. The molecule has 4 nitrogen and oxygen atoms in total. The molecule has 2 rings (SSSR count). The summed E-state index contributed by atoms with van der Waals surface area (Å²) in [5.41, 5.74) is 0. The second-order valence-electron chi connectivity index (χ2n) is 4.38. The van der Waals surface area contributed by atoms with Crippen LogP contribution in [0.25, 0.3) is 0 Å². The predicted molar refractivity (Wildman–Crippen MR) is 61.0 cm³/mol. The topological polar surface area (TPSA) is 54.3 Å². The van der Waals surface area contributed by atoms with Gasteiger partial charge in [0.05, 0.1) is 12.2 Å². The van der Waals surface area contributed by atoms with Crippen LogP contribution >= 0.6 is 0 Å².